The van der Waals surface area contributed by atoms with Crippen molar-refractivity contribution < 1.29 is 13.9 Å². The second-order valence-electron chi connectivity index (χ2n) is 7.46. The quantitative estimate of drug-likeness (QED) is 0.561. The predicted molar refractivity (Wildman–Crippen MR) is 112 cm³/mol. The number of amides is 1. The summed E-state index contributed by atoms with van der Waals surface area (Å²) in [6.45, 7) is 4.58. The molecule has 2 aromatic heterocycles. The molecular formula is C21H21BrFN5O2. The number of halogens is 2. The van der Waals surface area contributed by atoms with Crippen LogP contribution in [0.1, 0.15) is 30.6 Å². The zero-order valence-corrected chi connectivity index (χ0v) is 18.2. The van der Waals surface area contributed by atoms with E-state index in [0.717, 1.165) is 15.7 Å². The number of rotatable bonds is 5. The van der Waals surface area contributed by atoms with Crippen molar-refractivity contribution in [1.82, 2.24) is 24.9 Å². The van der Waals surface area contributed by atoms with Gasteiger partial charge < -0.3 is 9.64 Å². The normalized spacial score (nSPS) is 19.7. The fraction of sp³-hybridized carbons (Fsp3) is 0.333. The summed E-state index contributed by atoms with van der Waals surface area (Å²) >= 11 is 3.36. The van der Waals surface area contributed by atoms with E-state index in [1.165, 1.54) is 24.5 Å². The number of pyridine rings is 1. The fourth-order valence-electron chi connectivity index (χ4n) is 3.84. The van der Waals surface area contributed by atoms with Crippen LogP contribution in [0.25, 0.3) is 5.69 Å². The maximum atomic E-state index is 14.6. The zero-order valence-electron chi connectivity index (χ0n) is 16.6. The van der Waals surface area contributed by atoms with E-state index >= 15 is 0 Å². The Morgan fingerprint density at radius 1 is 1.27 bits per heavy atom. The number of carbonyl (C=O) groups excluding carboxylic acids is 1. The number of para-hydroxylation sites is 1. The topological polar surface area (TPSA) is 73.1 Å². The Morgan fingerprint density at radius 2 is 2.03 bits per heavy atom. The standard InChI is InChI=1S/C21H21BrFN5O2/c1-13-10-18(14(2)30-19-7-6-15(22)11-24-19)27(12-13)21(29)16-4-3-5-17(23)20(16)28-25-8-9-26-28/h3-9,11,13-14,18H,10,12H2,1-2H3. The van der Waals surface area contributed by atoms with Crippen LogP contribution in [0.2, 0.25) is 0 Å². The third kappa shape index (κ3) is 4.07. The monoisotopic (exact) mass is 473 g/mol. The van der Waals surface area contributed by atoms with Gasteiger partial charge in [0.25, 0.3) is 5.91 Å². The highest BCUT2D eigenvalue weighted by Crippen LogP contribution is 2.30. The van der Waals surface area contributed by atoms with E-state index in [1.807, 2.05) is 13.0 Å². The molecular weight excluding hydrogens is 453 g/mol. The second-order valence-corrected chi connectivity index (χ2v) is 8.37. The summed E-state index contributed by atoms with van der Waals surface area (Å²) in [6.07, 6.45) is 5.06. The van der Waals surface area contributed by atoms with E-state index in [-0.39, 0.29) is 29.3 Å². The second kappa shape index (κ2) is 8.51. The largest absolute Gasteiger partial charge is 0.472 e. The Kier molecular flexibility index (Phi) is 5.80. The average Bonchev–Trinajstić information content (AvgIpc) is 3.39. The lowest BCUT2D eigenvalue weighted by atomic mass is 10.0. The highest BCUT2D eigenvalue weighted by atomic mass is 79.9. The van der Waals surface area contributed by atoms with Gasteiger partial charge in [-0.2, -0.15) is 10.2 Å². The minimum absolute atomic E-state index is 0.0500. The highest BCUT2D eigenvalue weighted by Gasteiger charge is 2.39. The molecule has 3 aromatic rings. The van der Waals surface area contributed by atoms with Gasteiger partial charge in [0, 0.05) is 23.3 Å². The lowest BCUT2D eigenvalue weighted by Crippen LogP contribution is -2.44. The van der Waals surface area contributed by atoms with E-state index < -0.39 is 5.82 Å². The molecule has 0 saturated carbocycles. The van der Waals surface area contributed by atoms with Crippen molar-refractivity contribution in [3.05, 3.63) is 64.8 Å². The summed E-state index contributed by atoms with van der Waals surface area (Å²) in [4.78, 5) is 20.6. The number of benzene rings is 1. The lowest BCUT2D eigenvalue weighted by Gasteiger charge is -2.30. The van der Waals surface area contributed by atoms with Crippen molar-refractivity contribution >= 4 is 21.8 Å². The first-order chi connectivity index (χ1) is 14.4. The molecule has 1 aliphatic heterocycles. The van der Waals surface area contributed by atoms with Gasteiger partial charge in [0.05, 0.1) is 24.0 Å². The zero-order chi connectivity index (χ0) is 21.3. The highest BCUT2D eigenvalue weighted by molar-refractivity contribution is 9.10. The van der Waals surface area contributed by atoms with Gasteiger partial charge >= 0.3 is 0 Å². The summed E-state index contributed by atoms with van der Waals surface area (Å²) in [5.74, 6) is -0.0351. The molecule has 156 valence electrons. The van der Waals surface area contributed by atoms with Gasteiger partial charge in [-0.1, -0.05) is 13.0 Å². The molecule has 30 heavy (non-hydrogen) atoms. The maximum absolute atomic E-state index is 14.6. The molecule has 7 nitrogen and oxygen atoms in total. The fourth-order valence-corrected chi connectivity index (χ4v) is 4.08. The van der Waals surface area contributed by atoms with Crippen molar-refractivity contribution in [3.8, 4) is 11.6 Å². The maximum Gasteiger partial charge on any atom is 0.256 e. The van der Waals surface area contributed by atoms with Crippen LogP contribution in [-0.4, -0.2) is 49.5 Å². The number of likely N-dealkylation sites (tertiary alicyclic amines) is 1. The Bertz CT molecular complexity index is 1030. The molecule has 4 rings (SSSR count). The molecule has 1 amide bonds. The van der Waals surface area contributed by atoms with Gasteiger partial charge in [-0.3, -0.25) is 4.79 Å². The third-order valence-electron chi connectivity index (χ3n) is 5.20. The van der Waals surface area contributed by atoms with E-state index in [9.17, 15) is 9.18 Å². The molecule has 0 spiro atoms. The first kappa shape index (κ1) is 20.5. The molecule has 1 saturated heterocycles. The first-order valence-electron chi connectivity index (χ1n) is 9.68. The summed E-state index contributed by atoms with van der Waals surface area (Å²) in [5, 5.41) is 8.01. The molecule has 1 aromatic carbocycles. The number of aromatic nitrogens is 4. The first-order valence-corrected chi connectivity index (χ1v) is 10.5. The molecule has 0 aliphatic carbocycles. The van der Waals surface area contributed by atoms with E-state index in [2.05, 4.69) is 38.0 Å². The summed E-state index contributed by atoms with van der Waals surface area (Å²) in [7, 11) is 0. The lowest BCUT2D eigenvalue weighted by molar-refractivity contribution is 0.0579. The molecule has 0 radical (unpaired) electrons. The molecule has 3 atom stereocenters. The van der Waals surface area contributed by atoms with E-state index in [0.29, 0.717) is 18.3 Å². The minimum Gasteiger partial charge on any atom is -0.472 e. The molecule has 3 unspecified atom stereocenters. The van der Waals surface area contributed by atoms with Gasteiger partial charge in [-0.05, 0) is 53.4 Å². The third-order valence-corrected chi connectivity index (χ3v) is 5.67. The van der Waals surface area contributed by atoms with E-state index in [4.69, 9.17) is 4.74 Å². The van der Waals surface area contributed by atoms with Crippen LogP contribution < -0.4 is 4.74 Å². The van der Waals surface area contributed by atoms with Crippen LogP contribution in [0, 0.1) is 11.7 Å². The predicted octanol–water partition coefficient (Wildman–Crippen LogP) is 3.88. The van der Waals surface area contributed by atoms with Crippen molar-refractivity contribution in [3.63, 3.8) is 0 Å². The minimum atomic E-state index is -0.552. The Labute approximate surface area is 182 Å². The van der Waals surface area contributed by atoms with Crippen LogP contribution in [0.4, 0.5) is 4.39 Å². The van der Waals surface area contributed by atoms with Crippen molar-refractivity contribution in [1.29, 1.82) is 0 Å². The molecule has 9 heteroatoms. The Morgan fingerprint density at radius 3 is 2.73 bits per heavy atom. The summed E-state index contributed by atoms with van der Waals surface area (Å²) < 4.78 is 21.5. The van der Waals surface area contributed by atoms with Crippen molar-refractivity contribution in [2.45, 2.75) is 32.4 Å². The smallest absolute Gasteiger partial charge is 0.256 e. The van der Waals surface area contributed by atoms with Crippen LogP contribution >= 0.6 is 15.9 Å². The van der Waals surface area contributed by atoms with Crippen LogP contribution in [-0.2, 0) is 0 Å². The summed E-state index contributed by atoms with van der Waals surface area (Å²) in [5.41, 5.74) is 0.271. The van der Waals surface area contributed by atoms with Gasteiger partial charge in [0.1, 0.15) is 11.8 Å². The van der Waals surface area contributed by atoms with Crippen LogP contribution in [0.3, 0.4) is 0 Å². The average molecular weight is 474 g/mol. The van der Waals surface area contributed by atoms with Crippen LogP contribution in [0.5, 0.6) is 5.88 Å². The van der Waals surface area contributed by atoms with Gasteiger partial charge in [-0.25, -0.2) is 9.37 Å². The number of nitrogens with zero attached hydrogens (tertiary/aromatic N) is 5. The molecule has 1 aliphatic rings. The van der Waals surface area contributed by atoms with Crippen LogP contribution in [0.15, 0.2) is 53.4 Å². The Hall–Kier alpha value is -2.81. The number of hydrogen-bond donors (Lipinski definition) is 0. The van der Waals surface area contributed by atoms with Gasteiger partial charge in [0.2, 0.25) is 5.88 Å². The number of hydrogen-bond acceptors (Lipinski definition) is 5. The molecule has 3 heterocycles. The number of carbonyl (C=O) groups is 1. The summed E-state index contributed by atoms with van der Waals surface area (Å²) in [6, 6.07) is 7.89. The van der Waals surface area contributed by atoms with Crippen molar-refractivity contribution in [2.24, 2.45) is 5.92 Å². The molecule has 1 fully saturated rings. The number of ether oxygens (including phenoxy) is 1. The SMILES string of the molecule is CC1CC(C(C)Oc2ccc(Br)cn2)N(C(=O)c2cccc(F)c2-n2nccn2)C1. The van der Waals surface area contributed by atoms with E-state index in [1.54, 1.807) is 23.2 Å². The molecule has 0 bridgehead atoms. The molecule has 0 N–H and O–H groups in total. The van der Waals surface area contributed by atoms with Crippen molar-refractivity contribution in [2.75, 3.05) is 6.54 Å². The Balaban J connectivity index is 1.61. The van der Waals surface area contributed by atoms with Gasteiger partial charge in [-0.15, -0.1) is 4.80 Å². The van der Waals surface area contributed by atoms with Gasteiger partial charge in [0.15, 0.2) is 5.82 Å².